The minimum Gasteiger partial charge on any atom is -0.300 e. The SMILES string of the molecule is CN1C2CCCC1CC(C(=O)c1cccc(-c3ccccc3)c1)C2. The first-order valence-corrected chi connectivity index (χ1v) is 9.14. The summed E-state index contributed by atoms with van der Waals surface area (Å²) >= 11 is 0. The maximum absolute atomic E-state index is 13.1. The molecule has 2 nitrogen and oxygen atoms in total. The Kier molecular flexibility index (Phi) is 4.24. The van der Waals surface area contributed by atoms with Crippen LogP contribution < -0.4 is 0 Å². The van der Waals surface area contributed by atoms with Crippen molar-refractivity contribution in [3.8, 4) is 11.1 Å². The van der Waals surface area contributed by atoms with Crippen molar-refractivity contribution in [1.82, 2.24) is 4.90 Å². The number of benzene rings is 2. The van der Waals surface area contributed by atoms with Crippen LogP contribution in [0.5, 0.6) is 0 Å². The van der Waals surface area contributed by atoms with E-state index >= 15 is 0 Å². The predicted octanol–water partition coefficient (Wildman–Crippen LogP) is 4.80. The average molecular weight is 319 g/mol. The molecule has 0 saturated carbocycles. The highest BCUT2D eigenvalue weighted by molar-refractivity contribution is 5.99. The third-order valence-corrected chi connectivity index (χ3v) is 5.96. The van der Waals surface area contributed by atoms with E-state index < -0.39 is 0 Å². The second-order valence-corrected chi connectivity index (χ2v) is 7.38. The number of carbonyl (C=O) groups is 1. The van der Waals surface area contributed by atoms with E-state index in [1.165, 1.54) is 24.8 Å². The van der Waals surface area contributed by atoms with E-state index in [0.717, 1.165) is 24.0 Å². The van der Waals surface area contributed by atoms with Crippen molar-refractivity contribution >= 4 is 5.78 Å². The molecule has 0 spiro atoms. The first-order valence-electron chi connectivity index (χ1n) is 9.14. The molecular formula is C22H25NO. The van der Waals surface area contributed by atoms with Gasteiger partial charge in [-0.1, -0.05) is 55.0 Å². The Morgan fingerprint density at radius 2 is 1.58 bits per heavy atom. The van der Waals surface area contributed by atoms with E-state index in [4.69, 9.17) is 0 Å². The van der Waals surface area contributed by atoms with E-state index in [1.54, 1.807) is 0 Å². The molecule has 2 heteroatoms. The number of hydrogen-bond donors (Lipinski definition) is 0. The van der Waals surface area contributed by atoms with Crippen LogP contribution in [0, 0.1) is 5.92 Å². The van der Waals surface area contributed by atoms with Gasteiger partial charge in [-0.05, 0) is 49.9 Å². The molecule has 0 aromatic heterocycles. The van der Waals surface area contributed by atoms with Crippen molar-refractivity contribution in [3.63, 3.8) is 0 Å². The quantitative estimate of drug-likeness (QED) is 0.757. The Hall–Kier alpha value is -1.93. The number of fused-ring (bicyclic) bond motifs is 2. The Bertz CT molecular complexity index is 710. The van der Waals surface area contributed by atoms with Crippen LogP contribution in [-0.2, 0) is 0 Å². The van der Waals surface area contributed by atoms with Gasteiger partial charge in [0.05, 0.1) is 0 Å². The van der Waals surface area contributed by atoms with Crippen LogP contribution in [0.4, 0.5) is 0 Å². The van der Waals surface area contributed by atoms with E-state index in [9.17, 15) is 4.79 Å². The van der Waals surface area contributed by atoms with Gasteiger partial charge in [0, 0.05) is 23.6 Å². The molecule has 0 radical (unpaired) electrons. The number of hydrogen-bond acceptors (Lipinski definition) is 2. The monoisotopic (exact) mass is 319 g/mol. The summed E-state index contributed by atoms with van der Waals surface area (Å²) in [5.74, 6) is 0.542. The molecule has 2 heterocycles. The Morgan fingerprint density at radius 1 is 0.917 bits per heavy atom. The Balaban J connectivity index is 1.57. The van der Waals surface area contributed by atoms with Crippen molar-refractivity contribution in [2.24, 2.45) is 5.92 Å². The molecule has 2 unspecified atom stereocenters. The fourth-order valence-corrected chi connectivity index (χ4v) is 4.55. The maximum atomic E-state index is 13.1. The van der Waals surface area contributed by atoms with Crippen LogP contribution in [-0.4, -0.2) is 29.8 Å². The molecule has 0 aliphatic carbocycles. The molecule has 2 bridgehead atoms. The van der Waals surface area contributed by atoms with Gasteiger partial charge in [-0.25, -0.2) is 0 Å². The van der Waals surface area contributed by atoms with Gasteiger partial charge >= 0.3 is 0 Å². The molecule has 4 rings (SSSR count). The second kappa shape index (κ2) is 6.52. The first kappa shape index (κ1) is 15.6. The molecular weight excluding hydrogens is 294 g/mol. The van der Waals surface area contributed by atoms with Gasteiger partial charge in [-0.15, -0.1) is 0 Å². The van der Waals surface area contributed by atoms with Gasteiger partial charge in [0.1, 0.15) is 0 Å². The molecule has 24 heavy (non-hydrogen) atoms. The number of ketones is 1. The molecule has 0 amide bonds. The lowest BCUT2D eigenvalue weighted by Gasteiger charge is -2.46. The van der Waals surface area contributed by atoms with E-state index in [-0.39, 0.29) is 5.92 Å². The van der Waals surface area contributed by atoms with Crippen LogP contribution in [0.25, 0.3) is 11.1 Å². The number of carbonyl (C=O) groups excluding carboxylic acids is 1. The molecule has 2 aliphatic heterocycles. The molecule has 2 fully saturated rings. The number of Topliss-reactive ketones (excluding diaryl/α,β-unsaturated/α-hetero) is 1. The lowest BCUT2D eigenvalue weighted by Crippen LogP contribution is -2.51. The zero-order chi connectivity index (χ0) is 16.5. The van der Waals surface area contributed by atoms with Crippen molar-refractivity contribution in [2.75, 3.05) is 7.05 Å². The summed E-state index contributed by atoms with van der Waals surface area (Å²) in [5.41, 5.74) is 3.19. The number of piperidine rings is 2. The summed E-state index contributed by atoms with van der Waals surface area (Å²) in [6, 6.07) is 19.7. The molecule has 2 aromatic rings. The third kappa shape index (κ3) is 2.91. The molecule has 2 atom stereocenters. The highest BCUT2D eigenvalue weighted by Crippen LogP contribution is 2.37. The van der Waals surface area contributed by atoms with Gasteiger partial charge in [0.25, 0.3) is 0 Å². The third-order valence-electron chi connectivity index (χ3n) is 5.96. The summed E-state index contributed by atoms with van der Waals surface area (Å²) in [5, 5.41) is 0. The van der Waals surface area contributed by atoms with Crippen LogP contribution in [0.1, 0.15) is 42.5 Å². The van der Waals surface area contributed by atoms with E-state index in [2.05, 4.69) is 36.2 Å². The van der Waals surface area contributed by atoms with E-state index in [0.29, 0.717) is 17.9 Å². The Labute approximate surface area is 144 Å². The smallest absolute Gasteiger partial charge is 0.166 e. The summed E-state index contributed by atoms with van der Waals surface area (Å²) in [7, 11) is 2.24. The Morgan fingerprint density at radius 3 is 2.29 bits per heavy atom. The second-order valence-electron chi connectivity index (χ2n) is 7.38. The summed E-state index contributed by atoms with van der Waals surface area (Å²) in [4.78, 5) is 15.6. The van der Waals surface area contributed by atoms with Crippen LogP contribution in [0.15, 0.2) is 54.6 Å². The van der Waals surface area contributed by atoms with Gasteiger partial charge in [-0.2, -0.15) is 0 Å². The topological polar surface area (TPSA) is 20.3 Å². The predicted molar refractivity (Wildman–Crippen MR) is 98.1 cm³/mol. The fraction of sp³-hybridized carbons (Fsp3) is 0.409. The van der Waals surface area contributed by atoms with Crippen molar-refractivity contribution in [3.05, 3.63) is 60.2 Å². The maximum Gasteiger partial charge on any atom is 0.166 e. The van der Waals surface area contributed by atoms with Gasteiger partial charge in [-0.3, -0.25) is 4.79 Å². The van der Waals surface area contributed by atoms with Crippen LogP contribution in [0.2, 0.25) is 0 Å². The lowest BCUT2D eigenvalue weighted by molar-refractivity contribution is 0.0338. The summed E-state index contributed by atoms with van der Waals surface area (Å²) in [6.07, 6.45) is 5.88. The highest BCUT2D eigenvalue weighted by Gasteiger charge is 2.38. The minimum atomic E-state index is 0.197. The zero-order valence-electron chi connectivity index (χ0n) is 14.3. The first-order chi connectivity index (χ1) is 11.7. The number of rotatable bonds is 3. The molecule has 2 saturated heterocycles. The van der Waals surface area contributed by atoms with Crippen molar-refractivity contribution in [2.45, 2.75) is 44.2 Å². The molecule has 2 aromatic carbocycles. The summed E-state index contributed by atoms with van der Waals surface area (Å²) < 4.78 is 0. The minimum absolute atomic E-state index is 0.197. The molecule has 124 valence electrons. The lowest BCUT2D eigenvalue weighted by atomic mass is 9.76. The largest absolute Gasteiger partial charge is 0.300 e. The molecule has 2 aliphatic rings. The average Bonchev–Trinajstić information content (AvgIpc) is 2.62. The number of nitrogens with zero attached hydrogens (tertiary/aromatic N) is 1. The fourth-order valence-electron chi connectivity index (χ4n) is 4.55. The highest BCUT2D eigenvalue weighted by atomic mass is 16.1. The van der Waals surface area contributed by atoms with Gasteiger partial charge < -0.3 is 4.90 Å². The molecule has 0 N–H and O–H groups in total. The van der Waals surface area contributed by atoms with E-state index in [1.807, 2.05) is 30.3 Å². The zero-order valence-corrected chi connectivity index (χ0v) is 14.3. The van der Waals surface area contributed by atoms with Crippen LogP contribution in [0.3, 0.4) is 0 Å². The van der Waals surface area contributed by atoms with Crippen LogP contribution >= 0.6 is 0 Å². The summed E-state index contributed by atoms with van der Waals surface area (Å²) in [6.45, 7) is 0. The van der Waals surface area contributed by atoms with Crippen molar-refractivity contribution < 1.29 is 4.79 Å². The van der Waals surface area contributed by atoms with Gasteiger partial charge in [0.15, 0.2) is 5.78 Å². The standard InChI is InChI=1S/C22H25NO/c1-23-20-11-6-12-21(23)15-19(14-20)22(24)18-10-5-9-17(13-18)16-7-3-2-4-8-16/h2-5,7-10,13,19-21H,6,11-12,14-15H2,1H3. The normalized spacial score (nSPS) is 27.0. The van der Waals surface area contributed by atoms with Crippen molar-refractivity contribution in [1.29, 1.82) is 0 Å². The van der Waals surface area contributed by atoms with Gasteiger partial charge in [0.2, 0.25) is 0 Å².